The Bertz CT molecular complexity index is 572. The van der Waals surface area contributed by atoms with Crippen LogP contribution in [0.4, 0.5) is 21.6 Å². The second-order valence-corrected chi connectivity index (χ2v) is 4.20. The highest BCUT2D eigenvalue weighted by molar-refractivity contribution is 6.29. The standard InChI is InChI=1S/C13H13ClFN3O/c1-2-19-11-4-3-9(7-10(11)15)17-13-6-8(16)5-12(14)18-13/h3-7H,2H2,1H3,(H3,16,17,18). The van der Waals surface area contributed by atoms with Gasteiger partial charge in [-0.05, 0) is 25.1 Å². The molecular formula is C13H13ClFN3O. The molecule has 0 spiro atoms. The molecule has 0 fully saturated rings. The van der Waals surface area contributed by atoms with Gasteiger partial charge >= 0.3 is 0 Å². The number of anilines is 3. The topological polar surface area (TPSA) is 60.2 Å². The lowest BCUT2D eigenvalue weighted by molar-refractivity contribution is 0.321. The average Bonchev–Trinajstić information content (AvgIpc) is 2.31. The summed E-state index contributed by atoms with van der Waals surface area (Å²) in [4.78, 5) is 4.04. The third kappa shape index (κ3) is 3.48. The lowest BCUT2D eigenvalue weighted by atomic mass is 10.3. The van der Waals surface area contributed by atoms with Gasteiger partial charge < -0.3 is 15.8 Å². The molecule has 0 aliphatic carbocycles. The highest BCUT2D eigenvalue weighted by Gasteiger charge is 2.05. The summed E-state index contributed by atoms with van der Waals surface area (Å²) in [6, 6.07) is 7.71. The molecule has 1 aromatic carbocycles. The van der Waals surface area contributed by atoms with Gasteiger partial charge in [0.2, 0.25) is 0 Å². The molecule has 19 heavy (non-hydrogen) atoms. The van der Waals surface area contributed by atoms with E-state index in [2.05, 4.69) is 10.3 Å². The maximum absolute atomic E-state index is 13.7. The molecule has 0 saturated carbocycles. The lowest BCUT2D eigenvalue weighted by Crippen LogP contribution is -1.98. The lowest BCUT2D eigenvalue weighted by Gasteiger charge is -2.09. The molecule has 2 rings (SSSR count). The van der Waals surface area contributed by atoms with E-state index >= 15 is 0 Å². The van der Waals surface area contributed by atoms with Gasteiger partial charge in [0, 0.05) is 23.5 Å². The summed E-state index contributed by atoms with van der Waals surface area (Å²) in [5.74, 6) is 0.224. The van der Waals surface area contributed by atoms with Crippen molar-refractivity contribution in [3.63, 3.8) is 0 Å². The molecule has 0 unspecified atom stereocenters. The summed E-state index contributed by atoms with van der Waals surface area (Å²) in [6.45, 7) is 2.21. The van der Waals surface area contributed by atoms with E-state index in [1.807, 2.05) is 0 Å². The van der Waals surface area contributed by atoms with Crippen molar-refractivity contribution >= 4 is 28.8 Å². The zero-order valence-corrected chi connectivity index (χ0v) is 11.0. The zero-order valence-electron chi connectivity index (χ0n) is 10.3. The molecule has 1 aromatic heterocycles. The van der Waals surface area contributed by atoms with E-state index in [1.54, 1.807) is 25.1 Å². The second kappa shape index (κ2) is 5.75. The molecule has 0 aliphatic heterocycles. The first kappa shape index (κ1) is 13.4. The number of hydrogen-bond acceptors (Lipinski definition) is 4. The number of aromatic nitrogens is 1. The maximum Gasteiger partial charge on any atom is 0.167 e. The largest absolute Gasteiger partial charge is 0.491 e. The van der Waals surface area contributed by atoms with Crippen LogP contribution in [0.25, 0.3) is 0 Å². The Morgan fingerprint density at radius 3 is 2.79 bits per heavy atom. The van der Waals surface area contributed by atoms with Gasteiger partial charge in [0.1, 0.15) is 11.0 Å². The van der Waals surface area contributed by atoms with E-state index in [0.717, 1.165) is 0 Å². The quantitative estimate of drug-likeness (QED) is 0.841. The molecule has 4 nitrogen and oxygen atoms in total. The fraction of sp³-hybridized carbons (Fsp3) is 0.154. The molecule has 2 aromatic rings. The van der Waals surface area contributed by atoms with Crippen LogP contribution in [-0.4, -0.2) is 11.6 Å². The van der Waals surface area contributed by atoms with Crippen molar-refractivity contribution < 1.29 is 9.13 Å². The van der Waals surface area contributed by atoms with Gasteiger partial charge in [-0.1, -0.05) is 11.6 Å². The summed E-state index contributed by atoms with van der Waals surface area (Å²) in [6.07, 6.45) is 0. The minimum atomic E-state index is -0.443. The number of halogens is 2. The molecule has 0 saturated heterocycles. The molecule has 0 amide bonds. The molecule has 1 heterocycles. The fourth-order valence-electron chi connectivity index (χ4n) is 1.58. The molecule has 6 heteroatoms. The minimum absolute atomic E-state index is 0.214. The van der Waals surface area contributed by atoms with Crippen LogP contribution >= 0.6 is 11.6 Å². The predicted molar refractivity (Wildman–Crippen MR) is 74.5 cm³/mol. The Morgan fingerprint density at radius 2 is 2.16 bits per heavy atom. The molecule has 0 atom stereocenters. The van der Waals surface area contributed by atoms with Crippen molar-refractivity contribution in [2.24, 2.45) is 0 Å². The number of ether oxygens (including phenoxy) is 1. The Balaban J connectivity index is 2.21. The number of pyridine rings is 1. The van der Waals surface area contributed by atoms with Gasteiger partial charge in [0.15, 0.2) is 11.6 Å². The van der Waals surface area contributed by atoms with E-state index in [0.29, 0.717) is 23.8 Å². The van der Waals surface area contributed by atoms with Crippen molar-refractivity contribution in [2.75, 3.05) is 17.7 Å². The number of benzene rings is 1. The monoisotopic (exact) mass is 281 g/mol. The summed E-state index contributed by atoms with van der Waals surface area (Å²) >= 11 is 5.79. The van der Waals surface area contributed by atoms with E-state index in [1.165, 1.54) is 12.1 Å². The summed E-state index contributed by atoms with van der Waals surface area (Å²) in [7, 11) is 0. The van der Waals surface area contributed by atoms with Crippen molar-refractivity contribution in [1.29, 1.82) is 0 Å². The van der Waals surface area contributed by atoms with Crippen LogP contribution in [0, 0.1) is 5.82 Å². The van der Waals surface area contributed by atoms with Crippen molar-refractivity contribution in [1.82, 2.24) is 4.98 Å². The molecule has 100 valence electrons. The van der Waals surface area contributed by atoms with Crippen LogP contribution in [0.2, 0.25) is 5.15 Å². The van der Waals surface area contributed by atoms with Gasteiger partial charge in [-0.2, -0.15) is 0 Å². The van der Waals surface area contributed by atoms with Crippen LogP contribution in [0.1, 0.15) is 6.92 Å². The maximum atomic E-state index is 13.7. The normalized spacial score (nSPS) is 10.3. The van der Waals surface area contributed by atoms with E-state index in [9.17, 15) is 4.39 Å². The van der Waals surface area contributed by atoms with Gasteiger partial charge in [-0.25, -0.2) is 9.37 Å². The third-order valence-electron chi connectivity index (χ3n) is 2.32. The molecule has 0 aliphatic rings. The van der Waals surface area contributed by atoms with Crippen LogP contribution in [0.3, 0.4) is 0 Å². The summed E-state index contributed by atoms with van der Waals surface area (Å²) < 4.78 is 18.8. The van der Waals surface area contributed by atoms with Crippen LogP contribution < -0.4 is 15.8 Å². The zero-order chi connectivity index (χ0) is 13.8. The third-order valence-corrected chi connectivity index (χ3v) is 2.51. The van der Waals surface area contributed by atoms with Crippen LogP contribution in [0.15, 0.2) is 30.3 Å². The highest BCUT2D eigenvalue weighted by atomic mass is 35.5. The van der Waals surface area contributed by atoms with Crippen LogP contribution in [0.5, 0.6) is 5.75 Å². The second-order valence-electron chi connectivity index (χ2n) is 3.81. The summed E-state index contributed by atoms with van der Waals surface area (Å²) in [5.41, 5.74) is 6.67. The van der Waals surface area contributed by atoms with Gasteiger partial charge in [0.05, 0.1) is 6.61 Å². The molecule has 0 bridgehead atoms. The predicted octanol–water partition coefficient (Wildman–Crippen LogP) is 3.60. The van der Waals surface area contributed by atoms with Crippen molar-refractivity contribution in [3.05, 3.63) is 41.3 Å². The van der Waals surface area contributed by atoms with Crippen molar-refractivity contribution in [2.45, 2.75) is 6.92 Å². The first-order valence-electron chi connectivity index (χ1n) is 5.71. The first-order chi connectivity index (χ1) is 9.08. The van der Waals surface area contributed by atoms with E-state index in [-0.39, 0.29) is 10.9 Å². The smallest absolute Gasteiger partial charge is 0.167 e. The van der Waals surface area contributed by atoms with Crippen molar-refractivity contribution in [3.8, 4) is 5.75 Å². The molecular weight excluding hydrogens is 269 g/mol. The fourth-order valence-corrected chi connectivity index (χ4v) is 1.80. The Morgan fingerprint density at radius 1 is 1.37 bits per heavy atom. The number of nitrogen functional groups attached to an aromatic ring is 1. The number of nitrogens with one attached hydrogen (secondary N) is 1. The van der Waals surface area contributed by atoms with E-state index < -0.39 is 5.82 Å². The van der Waals surface area contributed by atoms with Crippen LogP contribution in [-0.2, 0) is 0 Å². The molecule has 3 N–H and O–H groups in total. The Labute approximate surface area is 115 Å². The number of nitrogens with zero attached hydrogens (tertiary/aromatic N) is 1. The van der Waals surface area contributed by atoms with E-state index in [4.69, 9.17) is 22.1 Å². The highest BCUT2D eigenvalue weighted by Crippen LogP contribution is 2.24. The molecule has 0 radical (unpaired) electrons. The number of rotatable bonds is 4. The minimum Gasteiger partial charge on any atom is -0.491 e. The number of hydrogen-bond donors (Lipinski definition) is 2. The Hall–Kier alpha value is -2.01. The Kier molecular flexibility index (Phi) is 4.06. The van der Waals surface area contributed by atoms with Gasteiger partial charge in [-0.15, -0.1) is 0 Å². The SMILES string of the molecule is CCOc1ccc(Nc2cc(N)cc(Cl)n2)cc1F. The average molecular weight is 282 g/mol. The number of nitrogens with two attached hydrogens (primary N) is 1. The van der Waals surface area contributed by atoms with Gasteiger partial charge in [0.25, 0.3) is 0 Å². The van der Waals surface area contributed by atoms with Gasteiger partial charge in [-0.3, -0.25) is 0 Å². The summed E-state index contributed by atoms with van der Waals surface area (Å²) in [5, 5.41) is 3.20. The first-order valence-corrected chi connectivity index (χ1v) is 6.08.